The second kappa shape index (κ2) is 4.53. The average molecular weight is 231 g/mol. The number of hydrogen-bond acceptors (Lipinski definition) is 3. The smallest absolute Gasteiger partial charge is 0.407 e. The Kier molecular flexibility index (Phi) is 3.78. The molecule has 0 aromatic carbocycles. The summed E-state index contributed by atoms with van der Waals surface area (Å²) in [6.07, 6.45) is 1.32. The van der Waals surface area contributed by atoms with E-state index in [2.05, 4.69) is 25.0 Å². The summed E-state index contributed by atoms with van der Waals surface area (Å²) in [4.78, 5) is 11.3. The number of rotatable bonds is 5. The van der Waals surface area contributed by atoms with E-state index in [4.69, 9.17) is 9.84 Å². The molecule has 0 aliphatic heterocycles. The fourth-order valence-corrected chi connectivity index (χ4v) is 1.89. The van der Waals surface area contributed by atoms with E-state index in [0.717, 1.165) is 18.9 Å². The maximum absolute atomic E-state index is 11.3. The Balaban J connectivity index is 2.14. The van der Waals surface area contributed by atoms with Crippen molar-refractivity contribution in [3.05, 3.63) is 0 Å². The molecule has 15 heavy (non-hydrogen) atoms. The van der Waals surface area contributed by atoms with E-state index in [-0.39, 0.29) is 18.2 Å². The van der Waals surface area contributed by atoms with Gasteiger partial charge in [-0.25, -0.2) is 4.79 Å². The third kappa shape index (κ3) is 4.66. The monoisotopic (exact) mass is 231 g/mol. The fraction of sp³-hybridized carbons (Fsp3) is 0.900. The number of ether oxygens (including phenoxy) is 1. The number of amides is 1. The summed E-state index contributed by atoms with van der Waals surface area (Å²) in [5.41, 5.74) is -0.365. The van der Waals surface area contributed by atoms with Gasteiger partial charge in [0.25, 0.3) is 0 Å². The van der Waals surface area contributed by atoms with Gasteiger partial charge in [-0.2, -0.15) is 0 Å². The molecule has 1 aliphatic rings. The molecule has 2 N–H and O–H groups in total. The summed E-state index contributed by atoms with van der Waals surface area (Å²) in [7, 11) is -1.13. The summed E-state index contributed by atoms with van der Waals surface area (Å²) >= 11 is 0. The van der Waals surface area contributed by atoms with E-state index < -0.39 is 8.07 Å². The van der Waals surface area contributed by atoms with Crippen LogP contribution in [0.5, 0.6) is 0 Å². The first-order valence-corrected chi connectivity index (χ1v) is 9.13. The minimum atomic E-state index is -1.13. The molecule has 0 aromatic rings. The molecule has 1 saturated carbocycles. The van der Waals surface area contributed by atoms with Crippen LogP contribution in [0.2, 0.25) is 25.7 Å². The van der Waals surface area contributed by atoms with Crippen molar-refractivity contribution in [2.24, 2.45) is 0 Å². The molecule has 4 nitrogen and oxygen atoms in total. The Labute approximate surface area is 92.0 Å². The number of aliphatic hydroxyl groups excluding tert-OH is 1. The van der Waals surface area contributed by atoms with Crippen molar-refractivity contribution in [3.63, 3.8) is 0 Å². The third-order valence-electron chi connectivity index (χ3n) is 2.61. The summed E-state index contributed by atoms with van der Waals surface area (Å²) < 4.78 is 5.07. The Morgan fingerprint density at radius 1 is 1.47 bits per heavy atom. The molecule has 0 spiro atoms. The van der Waals surface area contributed by atoms with Gasteiger partial charge < -0.3 is 15.2 Å². The van der Waals surface area contributed by atoms with Gasteiger partial charge in [-0.1, -0.05) is 19.6 Å². The Hall–Kier alpha value is -0.553. The van der Waals surface area contributed by atoms with Crippen molar-refractivity contribution >= 4 is 14.2 Å². The quantitative estimate of drug-likeness (QED) is 0.706. The molecule has 1 amide bonds. The van der Waals surface area contributed by atoms with Crippen LogP contribution < -0.4 is 5.32 Å². The summed E-state index contributed by atoms with van der Waals surface area (Å²) in [6, 6.07) is 0.979. The SMILES string of the molecule is C[Si](C)(C)CCOC(=O)NC1(CO)CC1. The second-order valence-corrected chi connectivity index (χ2v) is 11.1. The number of alkyl carbamates (subject to hydrolysis) is 1. The van der Waals surface area contributed by atoms with Crippen molar-refractivity contribution in [3.8, 4) is 0 Å². The van der Waals surface area contributed by atoms with Crippen molar-refractivity contribution in [1.29, 1.82) is 0 Å². The predicted molar refractivity (Wildman–Crippen MR) is 61.7 cm³/mol. The first-order valence-electron chi connectivity index (χ1n) is 5.43. The lowest BCUT2D eigenvalue weighted by atomic mass is 10.3. The van der Waals surface area contributed by atoms with Crippen LogP contribution in [0.15, 0.2) is 0 Å². The van der Waals surface area contributed by atoms with E-state index in [9.17, 15) is 4.79 Å². The molecule has 1 fully saturated rings. The molecule has 0 aromatic heterocycles. The molecule has 1 rings (SSSR count). The molecule has 0 bridgehead atoms. The number of carbonyl (C=O) groups excluding carboxylic acids is 1. The first kappa shape index (κ1) is 12.5. The molecular formula is C10H21NO3Si. The number of aliphatic hydroxyl groups is 1. The molecule has 0 atom stereocenters. The molecule has 1 aliphatic carbocycles. The zero-order valence-corrected chi connectivity index (χ0v) is 10.8. The summed E-state index contributed by atoms with van der Waals surface area (Å²) in [6.45, 7) is 7.22. The van der Waals surface area contributed by atoms with Gasteiger partial charge in [-0.3, -0.25) is 0 Å². The molecule has 0 saturated heterocycles. The van der Waals surface area contributed by atoms with E-state index in [1.165, 1.54) is 0 Å². The van der Waals surface area contributed by atoms with E-state index in [1.54, 1.807) is 0 Å². The zero-order chi connectivity index (χ0) is 11.5. The molecule has 0 heterocycles. The highest BCUT2D eigenvalue weighted by molar-refractivity contribution is 6.76. The molecule has 5 heteroatoms. The second-order valence-electron chi connectivity index (χ2n) is 5.51. The standard InChI is InChI=1S/C10H21NO3Si/c1-15(2,3)7-6-14-9(13)11-10(8-12)4-5-10/h12H,4-8H2,1-3H3,(H,11,13). The van der Waals surface area contributed by atoms with Crippen molar-refractivity contribution in [2.75, 3.05) is 13.2 Å². The van der Waals surface area contributed by atoms with Crippen molar-refractivity contribution < 1.29 is 14.6 Å². The third-order valence-corrected chi connectivity index (χ3v) is 4.31. The Morgan fingerprint density at radius 2 is 2.07 bits per heavy atom. The minimum absolute atomic E-state index is 0.0100. The van der Waals surface area contributed by atoms with E-state index in [1.807, 2.05) is 0 Å². The Morgan fingerprint density at radius 3 is 2.47 bits per heavy atom. The van der Waals surface area contributed by atoms with Crippen LogP contribution in [0.4, 0.5) is 4.79 Å². The van der Waals surface area contributed by atoms with E-state index in [0.29, 0.717) is 6.61 Å². The van der Waals surface area contributed by atoms with Crippen LogP contribution in [0.3, 0.4) is 0 Å². The number of nitrogens with one attached hydrogen (secondary N) is 1. The minimum Gasteiger partial charge on any atom is -0.450 e. The number of carbonyl (C=O) groups is 1. The maximum atomic E-state index is 11.3. The van der Waals surface area contributed by atoms with Gasteiger partial charge in [0.2, 0.25) is 0 Å². The molecule has 88 valence electrons. The lowest BCUT2D eigenvalue weighted by Crippen LogP contribution is -2.40. The molecule has 0 radical (unpaired) electrons. The van der Waals surface area contributed by atoms with Crippen LogP contribution in [-0.4, -0.2) is 38.0 Å². The lowest BCUT2D eigenvalue weighted by molar-refractivity contribution is 0.137. The summed E-state index contributed by atoms with van der Waals surface area (Å²) in [5.74, 6) is 0. The first-order chi connectivity index (χ1) is 6.87. The van der Waals surface area contributed by atoms with Crippen LogP contribution in [0.1, 0.15) is 12.8 Å². The van der Waals surface area contributed by atoms with Gasteiger partial charge in [-0.05, 0) is 18.9 Å². The average Bonchev–Trinajstić information content (AvgIpc) is 2.83. The van der Waals surface area contributed by atoms with Crippen LogP contribution in [0, 0.1) is 0 Å². The maximum Gasteiger partial charge on any atom is 0.407 e. The summed E-state index contributed by atoms with van der Waals surface area (Å²) in [5, 5.41) is 11.7. The normalized spacial score (nSPS) is 18.4. The van der Waals surface area contributed by atoms with Gasteiger partial charge in [0.1, 0.15) is 0 Å². The van der Waals surface area contributed by atoms with Crippen LogP contribution >= 0.6 is 0 Å². The fourth-order valence-electron chi connectivity index (χ4n) is 1.18. The van der Waals surface area contributed by atoms with E-state index >= 15 is 0 Å². The highest BCUT2D eigenvalue weighted by Gasteiger charge is 2.43. The molecule has 0 unspecified atom stereocenters. The van der Waals surface area contributed by atoms with Gasteiger partial charge in [0.15, 0.2) is 0 Å². The van der Waals surface area contributed by atoms with Gasteiger partial charge in [0, 0.05) is 8.07 Å². The number of hydrogen-bond donors (Lipinski definition) is 2. The Bertz CT molecular complexity index is 233. The predicted octanol–water partition coefficient (Wildman–Crippen LogP) is 1.58. The highest BCUT2D eigenvalue weighted by Crippen LogP contribution is 2.34. The van der Waals surface area contributed by atoms with Crippen LogP contribution in [0.25, 0.3) is 0 Å². The lowest BCUT2D eigenvalue weighted by Gasteiger charge is -2.17. The molecular weight excluding hydrogens is 210 g/mol. The highest BCUT2D eigenvalue weighted by atomic mass is 28.3. The van der Waals surface area contributed by atoms with Crippen LogP contribution in [-0.2, 0) is 4.74 Å². The van der Waals surface area contributed by atoms with Crippen molar-refractivity contribution in [1.82, 2.24) is 5.32 Å². The zero-order valence-electron chi connectivity index (χ0n) is 9.80. The van der Waals surface area contributed by atoms with Gasteiger partial charge >= 0.3 is 6.09 Å². The van der Waals surface area contributed by atoms with Gasteiger partial charge in [-0.15, -0.1) is 0 Å². The topological polar surface area (TPSA) is 58.6 Å². The largest absolute Gasteiger partial charge is 0.450 e. The van der Waals surface area contributed by atoms with Crippen molar-refractivity contribution in [2.45, 2.75) is 44.1 Å². The van der Waals surface area contributed by atoms with Gasteiger partial charge in [0.05, 0.1) is 18.8 Å².